The third-order valence-electron chi connectivity index (χ3n) is 15.1. The molecule has 4 saturated carbocycles. The van der Waals surface area contributed by atoms with Crippen molar-refractivity contribution in [2.75, 3.05) is 13.7 Å². The molecule has 0 saturated heterocycles. The number of ether oxygens (including phenoxy) is 2. The summed E-state index contributed by atoms with van der Waals surface area (Å²) in [6.07, 6.45) is 8.36. The average molecular weight is 684 g/mol. The van der Waals surface area contributed by atoms with Crippen LogP contribution in [0.15, 0.2) is 25.3 Å². The molecule has 1 aromatic heterocycles. The van der Waals surface area contributed by atoms with E-state index in [0.29, 0.717) is 38.5 Å². The number of hydrogen-bond donors (Lipinski definition) is 2. The highest BCUT2D eigenvalue weighted by atomic mass is 16.6. The summed E-state index contributed by atoms with van der Waals surface area (Å²) in [5.41, 5.74) is -2.19. The van der Waals surface area contributed by atoms with E-state index in [4.69, 9.17) is 18.3 Å². The number of carbonyl (C=O) groups excluding carboxylic acids is 3. The van der Waals surface area contributed by atoms with E-state index in [1.165, 1.54) is 7.11 Å². The zero-order valence-electron chi connectivity index (χ0n) is 30.3. The van der Waals surface area contributed by atoms with Gasteiger partial charge < -0.3 is 28.7 Å². The van der Waals surface area contributed by atoms with Crippen molar-refractivity contribution in [2.24, 2.45) is 50.2 Å². The van der Waals surface area contributed by atoms with Gasteiger partial charge in [0.1, 0.15) is 0 Å². The van der Waals surface area contributed by atoms with Crippen LogP contribution >= 0.6 is 0 Å². The quantitative estimate of drug-likeness (QED) is 0.336. The highest BCUT2D eigenvalue weighted by Gasteiger charge is 2.72. The summed E-state index contributed by atoms with van der Waals surface area (Å²) in [5.74, 6) is -2.77. The predicted molar refractivity (Wildman–Crippen MR) is 177 cm³/mol. The van der Waals surface area contributed by atoms with Crippen LogP contribution in [0.5, 0.6) is 0 Å². The van der Waals surface area contributed by atoms with E-state index in [9.17, 15) is 29.1 Å². The Kier molecular flexibility index (Phi) is 8.48. The second kappa shape index (κ2) is 11.7. The Balaban J connectivity index is 1.39. The Morgan fingerprint density at radius 3 is 2.29 bits per heavy atom. The molecule has 11 heteroatoms. The SMILES string of the molecule is COC(=O)CN[C@H]1CC[C@@]2(C)C(CC[C@]3(C)[C@@H]2C(=O)C=C2[C@@H]4C[C@@](C)(C(=O)O)CC[C@]4(C)CC[C@]23C)[C@]1(C)C(=O)OCc1oc(=O)oc1C. The Bertz CT molecular complexity index is 1660. The maximum absolute atomic E-state index is 14.8. The van der Waals surface area contributed by atoms with E-state index in [-0.39, 0.29) is 59.0 Å². The van der Waals surface area contributed by atoms with E-state index < -0.39 is 51.4 Å². The molecule has 5 aliphatic carbocycles. The fourth-order valence-electron chi connectivity index (χ4n) is 11.7. The Morgan fingerprint density at radius 2 is 1.65 bits per heavy atom. The maximum atomic E-state index is 14.8. The van der Waals surface area contributed by atoms with Gasteiger partial charge in [-0.1, -0.05) is 33.3 Å². The molecule has 1 unspecified atom stereocenters. The molecule has 1 heterocycles. The summed E-state index contributed by atoms with van der Waals surface area (Å²) in [6.45, 7) is 14.0. The molecule has 2 N–H and O–H groups in total. The number of aliphatic carboxylic acids is 1. The smallest absolute Gasteiger partial charge is 0.481 e. The number of allylic oxidation sites excluding steroid dienone is 2. The van der Waals surface area contributed by atoms with Gasteiger partial charge in [0.2, 0.25) is 0 Å². The second-order valence-corrected chi connectivity index (χ2v) is 17.4. The molecule has 0 aromatic carbocycles. The number of esters is 2. The van der Waals surface area contributed by atoms with Gasteiger partial charge in [-0.2, -0.15) is 0 Å². The fourth-order valence-corrected chi connectivity index (χ4v) is 11.7. The monoisotopic (exact) mass is 683 g/mol. The van der Waals surface area contributed by atoms with Gasteiger partial charge >= 0.3 is 23.7 Å². The maximum Gasteiger partial charge on any atom is 0.519 e. The zero-order chi connectivity index (χ0) is 35.9. The Labute approximate surface area is 287 Å². The number of nitrogens with one attached hydrogen (secondary N) is 1. The van der Waals surface area contributed by atoms with Gasteiger partial charge in [0.15, 0.2) is 23.9 Å². The third kappa shape index (κ3) is 5.10. The summed E-state index contributed by atoms with van der Waals surface area (Å²) in [7, 11) is 1.32. The molecule has 49 heavy (non-hydrogen) atoms. The fraction of sp³-hybridized carbons (Fsp3) is 0.763. The topological polar surface area (TPSA) is 162 Å². The number of methoxy groups -OCH3 is 1. The van der Waals surface area contributed by atoms with Gasteiger partial charge in [-0.05, 0) is 118 Å². The molecule has 0 radical (unpaired) electrons. The molecular weight excluding hydrogens is 630 g/mol. The highest BCUT2D eigenvalue weighted by molar-refractivity contribution is 5.96. The molecule has 1 aromatic rings. The van der Waals surface area contributed by atoms with E-state index in [1.54, 1.807) is 6.92 Å². The minimum atomic E-state index is -1.14. The van der Waals surface area contributed by atoms with Gasteiger partial charge in [0.05, 0.1) is 24.5 Å². The van der Waals surface area contributed by atoms with Crippen LogP contribution in [0.1, 0.15) is 111 Å². The zero-order valence-corrected chi connectivity index (χ0v) is 30.3. The minimum absolute atomic E-state index is 0.0123. The van der Waals surface area contributed by atoms with Gasteiger partial charge in [-0.15, -0.1) is 0 Å². The number of carboxylic acid groups (broad SMARTS) is 1. The lowest BCUT2D eigenvalue weighted by molar-refractivity contribution is -0.205. The van der Waals surface area contributed by atoms with Crippen LogP contribution in [0, 0.1) is 57.2 Å². The Morgan fingerprint density at radius 1 is 0.959 bits per heavy atom. The number of rotatable bonds is 7. The van der Waals surface area contributed by atoms with Crippen LogP contribution in [-0.4, -0.2) is 48.5 Å². The Hall–Kier alpha value is -3.21. The van der Waals surface area contributed by atoms with Gasteiger partial charge in [0, 0.05) is 12.0 Å². The van der Waals surface area contributed by atoms with Crippen molar-refractivity contribution < 1.29 is 42.6 Å². The van der Waals surface area contributed by atoms with Gasteiger partial charge in [-0.3, -0.25) is 19.2 Å². The first-order valence-corrected chi connectivity index (χ1v) is 17.9. The van der Waals surface area contributed by atoms with Crippen molar-refractivity contribution >= 4 is 23.7 Å². The molecule has 0 aliphatic heterocycles. The molecule has 10 atom stereocenters. The summed E-state index contributed by atoms with van der Waals surface area (Å²) in [6, 6.07) is -0.439. The van der Waals surface area contributed by atoms with Crippen LogP contribution in [0.3, 0.4) is 0 Å². The first-order chi connectivity index (χ1) is 22.8. The molecule has 0 spiro atoms. The number of aryl methyl sites for hydroxylation is 1. The van der Waals surface area contributed by atoms with Crippen LogP contribution < -0.4 is 11.1 Å². The van der Waals surface area contributed by atoms with E-state index in [1.807, 2.05) is 19.9 Å². The summed E-state index contributed by atoms with van der Waals surface area (Å²) < 4.78 is 20.9. The van der Waals surface area contributed by atoms with Crippen molar-refractivity contribution in [1.82, 2.24) is 5.32 Å². The van der Waals surface area contributed by atoms with Crippen molar-refractivity contribution in [3.63, 3.8) is 0 Å². The van der Waals surface area contributed by atoms with E-state index in [0.717, 1.165) is 24.8 Å². The highest BCUT2D eigenvalue weighted by Crippen LogP contribution is 2.75. The van der Waals surface area contributed by atoms with E-state index >= 15 is 0 Å². The molecule has 0 bridgehead atoms. The summed E-state index contributed by atoms with van der Waals surface area (Å²) in [5, 5.41) is 13.5. The van der Waals surface area contributed by atoms with E-state index in [2.05, 4.69) is 33.0 Å². The van der Waals surface area contributed by atoms with Gasteiger partial charge in [-0.25, -0.2) is 4.79 Å². The third-order valence-corrected chi connectivity index (χ3v) is 15.1. The number of carboxylic acids is 1. The standard InChI is InChI=1S/C38H53NO10/c1-21-25(49-32(45)48-21)20-47-31(44)38(7)26-9-12-37(6)29(35(26,4)11-10-27(38)39-19-28(41)46-8)24(40)17-22-23-18-34(3,30(42)43)14-13-33(23,2)15-16-36(22,37)5/h17,23,26-27,29,39H,9-16,18-20H2,1-8H3,(H,42,43)/t23-,26?,27-,29+,33+,34-,35-,36+,37+,38-/m0/s1. The van der Waals surface area contributed by atoms with Crippen LogP contribution in [0.25, 0.3) is 0 Å². The van der Waals surface area contributed by atoms with Crippen LogP contribution in [0.2, 0.25) is 0 Å². The van der Waals surface area contributed by atoms with Crippen LogP contribution in [0.4, 0.5) is 0 Å². The molecule has 4 fully saturated rings. The predicted octanol–water partition coefficient (Wildman–Crippen LogP) is 5.76. The molecule has 270 valence electrons. The number of hydrogen-bond acceptors (Lipinski definition) is 10. The second-order valence-electron chi connectivity index (χ2n) is 17.4. The molecular formula is C38H53NO10. The van der Waals surface area contributed by atoms with Gasteiger partial charge in [0.25, 0.3) is 0 Å². The summed E-state index contributed by atoms with van der Waals surface area (Å²) in [4.78, 5) is 65.5. The lowest BCUT2D eigenvalue weighted by Gasteiger charge is -2.70. The molecule has 6 rings (SSSR count). The number of ketones is 1. The van der Waals surface area contributed by atoms with Crippen molar-refractivity contribution in [1.29, 1.82) is 0 Å². The molecule has 0 amide bonds. The van der Waals surface area contributed by atoms with Crippen LogP contribution in [-0.2, 0) is 35.3 Å². The normalized spacial score (nSPS) is 42.9. The largest absolute Gasteiger partial charge is 0.519 e. The molecule has 5 aliphatic rings. The number of carbonyl (C=O) groups is 4. The number of fused-ring (bicyclic) bond motifs is 7. The van der Waals surface area contributed by atoms with Crippen molar-refractivity contribution in [3.8, 4) is 0 Å². The van der Waals surface area contributed by atoms with Crippen molar-refractivity contribution in [3.05, 3.63) is 33.8 Å². The average Bonchev–Trinajstić information content (AvgIpc) is 3.36. The first-order valence-electron chi connectivity index (χ1n) is 17.9. The first kappa shape index (κ1) is 35.6. The lowest BCUT2D eigenvalue weighted by Crippen LogP contribution is -2.69. The minimum Gasteiger partial charge on any atom is -0.481 e. The van der Waals surface area contributed by atoms with Crippen molar-refractivity contribution in [2.45, 2.75) is 119 Å². The lowest BCUT2D eigenvalue weighted by atomic mass is 9.33. The molecule has 11 nitrogen and oxygen atoms in total. The summed E-state index contributed by atoms with van der Waals surface area (Å²) >= 11 is 0.